The maximum atomic E-state index is 12.9. The van der Waals surface area contributed by atoms with Gasteiger partial charge < -0.3 is 9.47 Å². The molecule has 2 aromatic carbocycles. The molecule has 0 atom stereocenters. The van der Waals surface area contributed by atoms with Gasteiger partial charge in [-0.2, -0.15) is 13.2 Å². The van der Waals surface area contributed by atoms with Crippen LogP contribution in [0.4, 0.5) is 26.3 Å². The number of para-hydroxylation sites is 1. The molecular weight excluding hydrogens is 326 g/mol. The summed E-state index contributed by atoms with van der Waals surface area (Å²) in [6, 6.07) is 7.64. The van der Waals surface area contributed by atoms with Gasteiger partial charge in [-0.15, -0.1) is 13.2 Å². The van der Waals surface area contributed by atoms with Crippen LogP contribution in [0.1, 0.15) is 5.56 Å². The lowest BCUT2D eigenvalue weighted by molar-refractivity contribution is -0.274. The van der Waals surface area contributed by atoms with Crippen LogP contribution in [-0.4, -0.2) is 13.5 Å². The fraction of sp³-hybridized carbons (Fsp3) is 0.200. The molecule has 0 N–H and O–H groups in total. The van der Waals surface area contributed by atoms with E-state index in [2.05, 4.69) is 4.74 Å². The number of benzene rings is 2. The molecule has 0 spiro atoms. The second-order valence-corrected chi connectivity index (χ2v) is 4.49. The van der Waals surface area contributed by atoms with Gasteiger partial charge in [0.25, 0.3) is 0 Å². The maximum Gasteiger partial charge on any atom is 0.573 e. The molecule has 0 aromatic heterocycles. The van der Waals surface area contributed by atoms with E-state index in [0.717, 1.165) is 25.3 Å². The Kier molecular flexibility index (Phi) is 4.44. The molecule has 0 aliphatic carbocycles. The van der Waals surface area contributed by atoms with Gasteiger partial charge in [-0.25, -0.2) is 0 Å². The molecule has 0 unspecified atom stereocenters. The third-order valence-electron chi connectivity index (χ3n) is 2.89. The molecule has 2 aromatic rings. The summed E-state index contributed by atoms with van der Waals surface area (Å²) in [7, 11) is 1.16. The lowest BCUT2D eigenvalue weighted by atomic mass is 10.0. The van der Waals surface area contributed by atoms with Crippen molar-refractivity contribution in [1.29, 1.82) is 0 Å². The van der Waals surface area contributed by atoms with E-state index >= 15 is 0 Å². The number of hydrogen-bond acceptors (Lipinski definition) is 2. The van der Waals surface area contributed by atoms with E-state index in [9.17, 15) is 26.3 Å². The minimum atomic E-state index is -4.96. The Labute approximate surface area is 127 Å². The van der Waals surface area contributed by atoms with Crippen molar-refractivity contribution in [3.05, 3.63) is 48.0 Å². The van der Waals surface area contributed by atoms with E-state index in [1.807, 2.05) is 0 Å². The zero-order valence-electron chi connectivity index (χ0n) is 11.6. The summed E-state index contributed by atoms with van der Waals surface area (Å²) in [5.41, 5.74) is -1.26. The Balaban J connectivity index is 2.58. The number of alkyl halides is 6. The van der Waals surface area contributed by atoms with Gasteiger partial charge in [0.15, 0.2) is 0 Å². The van der Waals surface area contributed by atoms with E-state index in [0.29, 0.717) is 0 Å². The lowest BCUT2D eigenvalue weighted by Gasteiger charge is -2.15. The molecule has 124 valence electrons. The Morgan fingerprint density at radius 3 is 2.09 bits per heavy atom. The van der Waals surface area contributed by atoms with Crippen molar-refractivity contribution >= 4 is 0 Å². The SMILES string of the molecule is COc1cc(-c2ccccc2OC(F)(F)F)cc(C(F)(F)F)c1. The molecule has 2 rings (SSSR count). The predicted molar refractivity (Wildman–Crippen MR) is 70.1 cm³/mol. The summed E-state index contributed by atoms with van der Waals surface area (Å²) in [5.74, 6) is -0.724. The number of halogens is 6. The number of hydrogen-bond donors (Lipinski definition) is 0. The van der Waals surface area contributed by atoms with Crippen LogP contribution in [-0.2, 0) is 6.18 Å². The highest BCUT2D eigenvalue weighted by atomic mass is 19.4. The number of ether oxygens (including phenoxy) is 2. The minimum absolute atomic E-state index is 0.100. The zero-order chi connectivity index (χ0) is 17.3. The Hall–Kier alpha value is -2.38. The van der Waals surface area contributed by atoms with E-state index in [-0.39, 0.29) is 16.9 Å². The first kappa shape index (κ1) is 17.0. The van der Waals surface area contributed by atoms with E-state index in [1.165, 1.54) is 24.3 Å². The Morgan fingerprint density at radius 2 is 1.52 bits per heavy atom. The fourth-order valence-electron chi connectivity index (χ4n) is 1.95. The van der Waals surface area contributed by atoms with Gasteiger partial charge in [0, 0.05) is 5.56 Å². The molecule has 0 radical (unpaired) electrons. The summed E-state index contributed by atoms with van der Waals surface area (Å²) >= 11 is 0. The van der Waals surface area contributed by atoms with E-state index in [4.69, 9.17) is 4.74 Å². The summed E-state index contributed by atoms with van der Waals surface area (Å²) in [6.45, 7) is 0. The van der Waals surface area contributed by atoms with Crippen LogP contribution in [0.25, 0.3) is 11.1 Å². The van der Waals surface area contributed by atoms with Crippen molar-refractivity contribution in [3.8, 4) is 22.6 Å². The number of methoxy groups -OCH3 is 1. The van der Waals surface area contributed by atoms with Crippen LogP contribution in [0, 0.1) is 0 Å². The summed E-state index contributed by atoms with van der Waals surface area (Å²) in [5, 5.41) is 0. The Bertz CT molecular complexity index is 691. The zero-order valence-corrected chi connectivity index (χ0v) is 11.6. The first-order valence-electron chi connectivity index (χ1n) is 6.21. The van der Waals surface area contributed by atoms with Gasteiger partial charge in [-0.3, -0.25) is 0 Å². The van der Waals surface area contributed by atoms with Gasteiger partial charge in [0.05, 0.1) is 12.7 Å². The van der Waals surface area contributed by atoms with E-state index in [1.54, 1.807) is 0 Å². The average molecular weight is 336 g/mol. The minimum Gasteiger partial charge on any atom is -0.497 e. The van der Waals surface area contributed by atoms with Crippen molar-refractivity contribution < 1.29 is 35.8 Å². The molecule has 2 nitrogen and oxygen atoms in total. The lowest BCUT2D eigenvalue weighted by Crippen LogP contribution is -2.17. The Morgan fingerprint density at radius 1 is 0.870 bits per heavy atom. The largest absolute Gasteiger partial charge is 0.573 e. The van der Waals surface area contributed by atoms with E-state index < -0.39 is 23.9 Å². The molecule has 0 saturated carbocycles. The summed E-state index contributed by atoms with van der Waals surface area (Å²) in [4.78, 5) is 0. The molecule has 0 bridgehead atoms. The van der Waals surface area contributed by atoms with Crippen LogP contribution in [0.15, 0.2) is 42.5 Å². The maximum absolute atomic E-state index is 12.9. The highest BCUT2D eigenvalue weighted by Gasteiger charge is 2.34. The van der Waals surface area contributed by atoms with Crippen LogP contribution in [0.2, 0.25) is 0 Å². The average Bonchev–Trinajstić information content (AvgIpc) is 2.44. The third-order valence-corrected chi connectivity index (χ3v) is 2.89. The molecule has 8 heteroatoms. The highest BCUT2D eigenvalue weighted by molar-refractivity contribution is 5.72. The van der Waals surface area contributed by atoms with Crippen molar-refractivity contribution in [2.24, 2.45) is 0 Å². The molecule has 23 heavy (non-hydrogen) atoms. The third kappa shape index (κ3) is 4.30. The normalized spacial score (nSPS) is 12.1. The van der Waals surface area contributed by atoms with Crippen LogP contribution in [0.5, 0.6) is 11.5 Å². The predicted octanol–water partition coefficient (Wildman–Crippen LogP) is 5.28. The molecular formula is C15H10F6O2. The van der Waals surface area contributed by atoms with Gasteiger partial charge in [0.2, 0.25) is 0 Å². The van der Waals surface area contributed by atoms with Crippen LogP contribution in [0.3, 0.4) is 0 Å². The molecule has 0 fully saturated rings. The number of rotatable bonds is 3. The van der Waals surface area contributed by atoms with Gasteiger partial charge in [0.1, 0.15) is 11.5 Å². The monoisotopic (exact) mass is 336 g/mol. The molecule has 0 aliphatic heterocycles. The van der Waals surface area contributed by atoms with Crippen molar-refractivity contribution in [3.63, 3.8) is 0 Å². The van der Waals surface area contributed by atoms with Crippen molar-refractivity contribution in [2.45, 2.75) is 12.5 Å². The second kappa shape index (κ2) is 6.02. The molecule has 0 amide bonds. The van der Waals surface area contributed by atoms with Crippen LogP contribution >= 0.6 is 0 Å². The quantitative estimate of drug-likeness (QED) is 0.710. The van der Waals surface area contributed by atoms with Gasteiger partial charge >= 0.3 is 12.5 Å². The fourth-order valence-corrected chi connectivity index (χ4v) is 1.95. The summed E-state index contributed by atoms with van der Waals surface area (Å²) in [6.07, 6.45) is -9.62. The van der Waals surface area contributed by atoms with Crippen LogP contribution < -0.4 is 9.47 Å². The smallest absolute Gasteiger partial charge is 0.497 e. The first-order chi connectivity index (χ1) is 10.6. The molecule has 0 aliphatic rings. The second-order valence-electron chi connectivity index (χ2n) is 4.49. The summed E-state index contributed by atoms with van der Waals surface area (Å²) < 4.78 is 84.6. The van der Waals surface area contributed by atoms with Crippen molar-refractivity contribution in [1.82, 2.24) is 0 Å². The molecule has 0 heterocycles. The van der Waals surface area contributed by atoms with Gasteiger partial charge in [-0.1, -0.05) is 18.2 Å². The van der Waals surface area contributed by atoms with Crippen molar-refractivity contribution in [2.75, 3.05) is 7.11 Å². The van der Waals surface area contributed by atoms with Gasteiger partial charge in [-0.05, 0) is 29.8 Å². The first-order valence-corrected chi connectivity index (χ1v) is 6.21. The standard InChI is InChI=1S/C15H10F6O2/c1-22-11-7-9(6-10(8-11)14(16,17)18)12-4-2-3-5-13(12)23-15(19,20)21/h2-8H,1H3. The highest BCUT2D eigenvalue weighted by Crippen LogP contribution is 2.39. The topological polar surface area (TPSA) is 18.5 Å². The molecule has 0 saturated heterocycles.